The van der Waals surface area contributed by atoms with Crippen molar-refractivity contribution in [2.75, 3.05) is 6.26 Å². The number of aryl methyl sites for hydroxylation is 1. The standard InChI is InChI=1S/C9H11S/c1-7-4-5-9(10-3)8(2)6-7/h4-6H,2H2,1,3H3. The molecule has 0 amide bonds. The van der Waals surface area contributed by atoms with Gasteiger partial charge in [-0.3, -0.25) is 0 Å². The van der Waals surface area contributed by atoms with Crippen LogP contribution in [0.1, 0.15) is 11.1 Å². The van der Waals surface area contributed by atoms with Crippen molar-refractivity contribution >= 4 is 11.8 Å². The second-order valence-electron chi connectivity index (χ2n) is 2.32. The molecular formula is C9H11S. The summed E-state index contributed by atoms with van der Waals surface area (Å²) in [6.45, 7) is 6.01. The highest BCUT2D eigenvalue weighted by molar-refractivity contribution is 7.98. The lowest BCUT2D eigenvalue weighted by Crippen LogP contribution is -1.79. The average molecular weight is 151 g/mol. The highest BCUT2D eigenvalue weighted by atomic mass is 32.2. The van der Waals surface area contributed by atoms with Gasteiger partial charge >= 0.3 is 0 Å². The van der Waals surface area contributed by atoms with E-state index in [0.717, 1.165) is 5.56 Å². The van der Waals surface area contributed by atoms with Gasteiger partial charge in [0.05, 0.1) is 0 Å². The maximum absolute atomic E-state index is 3.93. The summed E-state index contributed by atoms with van der Waals surface area (Å²) in [5, 5.41) is 0. The number of thioether (sulfide) groups is 1. The molecule has 10 heavy (non-hydrogen) atoms. The summed E-state index contributed by atoms with van der Waals surface area (Å²) in [6, 6.07) is 6.33. The van der Waals surface area contributed by atoms with Gasteiger partial charge in [-0.05, 0) is 31.7 Å². The molecular weight excluding hydrogens is 140 g/mol. The van der Waals surface area contributed by atoms with E-state index in [0.29, 0.717) is 0 Å². The normalized spacial score (nSPS) is 9.90. The molecule has 0 bridgehead atoms. The molecule has 53 valence electrons. The van der Waals surface area contributed by atoms with E-state index in [4.69, 9.17) is 0 Å². The van der Waals surface area contributed by atoms with Gasteiger partial charge in [0.1, 0.15) is 0 Å². The van der Waals surface area contributed by atoms with Crippen molar-refractivity contribution in [3.8, 4) is 0 Å². The van der Waals surface area contributed by atoms with Crippen molar-refractivity contribution in [1.82, 2.24) is 0 Å². The fraction of sp³-hybridized carbons (Fsp3) is 0.222. The van der Waals surface area contributed by atoms with Crippen LogP contribution in [0, 0.1) is 13.8 Å². The van der Waals surface area contributed by atoms with Gasteiger partial charge in [-0.15, -0.1) is 11.8 Å². The molecule has 0 fully saturated rings. The van der Waals surface area contributed by atoms with E-state index in [9.17, 15) is 0 Å². The first-order valence-electron chi connectivity index (χ1n) is 3.20. The maximum Gasteiger partial charge on any atom is 0.0101 e. The van der Waals surface area contributed by atoms with E-state index in [2.05, 4.69) is 38.3 Å². The molecule has 0 aliphatic heterocycles. The number of hydrogen-bond donors (Lipinski definition) is 0. The van der Waals surface area contributed by atoms with Gasteiger partial charge in [-0.1, -0.05) is 17.7 Å². The number of hydrogen-bond acceptors (Lipinski definition) is 1. The minimum absolute atomic E-state index is 1.13. The van der Waals surface area contributed by atoms with E-state index in [-0.39, 0.29) is 0 Å². The minimum Gasteiger partial charge on any atom is -0.129 e. The molecule has 0 aromatic heterocycles. The van der Waals surface area contributed by atoms with Crippen molar-refractivity contribution < 1.29 is 0 Å². The van der Waals surface area contributed by atoms with Gasteiger partial charge < -0.3 is 0 Å². The molecule has 0 aliphatic carbocycles. The Bertz CT molecular complexity index is 228. The first-order chi connectivity index (χ1) is 4.74. The lowest BCUT2D eigenvalue weighted by Gasteiger charge is -2.01. The van der Waals surface area contributed by atoms with Crippen molar-refractivity contribution in [3.05, 3.63) is 36.2 Å². The van der Waals surface area contributed by atoms with E-state index >= 15 is 0 Å². The smallest absolute Gasteiger partial charge is 0.0101 e. The summed E-state index contributed by atoms with van der Waals surface area (Å²) in [4.78, 5) is 1.27. The van der Waals surface area contributed by atoms with Gasteiger partial charge in [0.25, 0.3) is 0 Å². The lowest BCUT2D eigenvalue weighted by atomic mass is 10.2. The maximum atomic E-state index is 3.93. The van der Waals surface area contributed by atoms with Crippen LogP contribution in [0.25, 0.3) is 0 Å². The van der Waals surface area contributed by atoms with Crippen LogP contribution in [0.2, 0.25) is 0 Å². The molecule has 1 radical (unpaired) electrons. The van der Waals surface area contributed by atoms with Crippen molar-refractivity contribution in [3.63, 3.8) is 0 Å². The van der Waals surface area contributed by atoms with Crippen LogP contribution in [0.3, 0.4) is 0 Å². The molecule has 0 N–H and O–H groups in total. The molecule has 1 rings (SSSR count). The van der Waals surface area contributed by atoms with Gasteiger partial charge in [0.2, 0.25) is 0 Å². The van der Waals surface area contributed by atoms with E-state index in [1.165, 1.54) is 10.5 Å². The fourth-order valence-electron chi connectivity index (χ4n) is 0.907. The van der Waals surface area contributed by atoms with E-state index in [1.54, 1.807) is 11.8 Å². The third-order valence-corrected chi connectivity index (χ3v) is 2.27. The van der Waals surface area contributed by atoms with Crippen LogP contribution in [0.4, 0.5) is 0 Å². The monoisotopic (exact) mass is 151 g/mol. The Kier molecular flexibility index (Phi) is 2.39. The van der Waals surface area contributed by atoms with Gasteiger partial charge in [-0.2, -0.15) is 0 Å². The average Bonchev–Trinajstić information content (AvgIpc) is 1.88. The van der Waals surface area contributed by atoms with Crippen LogP contribution in [0.5, 0.6) is 0 Å². The topological polar surface area (TPSA) is 0 Å². The number of benzene rings is 1. The zero-order valence-corrected chi connectivity index (χ0v) is 7.16. The molecule has 0 atom stereocenters. The molecule has 0 saturated carbocycles. The summed E-state index contributed by atoms with van der Waals surface area (Å²) >= 11 is 1.74. The second kappa shape index (κ2) is 3.11. The first-order valence-corrected chi connectivity index (χ1v) is 4.43. The van der Waals surface area contributed by atoms with Crippen molar-refractivity contribution in [1.29, 1.82) is 0 Å². The van der Waals surface area contributed by atoms with Gasteiger partial charge in [0.15, 0.2) is 0 Å². The predicted molar refractivity (Wildman–Crippen MR) is 47.4 cm³/mol. The molecule has 0 unspecified atom stereocenters. The predicted octanol–water partition coefficient (Wildman–Crippen LogP) is 2.90. The third-order valence-electron chi connectivity index (χ3n) is 1.44. The largest absolute Gasteiger partial charge is 0.129 e. The van der Waals surface area contributed by atoms with Crippen molar-refractivity contribution in [2.45, 2.75) is 11.8 Å². The zero-order valence-electron chi connectivity index (χ0n) is 6.35. The van der Waals surface area contributed by atoms with Crippen LogP contribution < -0.4 is 0 Å². The third kappa shape index (κ3) is 1.54. The molecule has 1 aromatic carbocycles. The molecule has 0 heterocycles. The van der Waals surface area contributed by atoms with Gasteiger partial charge in [-0.25, -0.2) is 0 Å². The Labute approximate surface area is 66.6 Å². The minimum atomic E-state index is 1.13. The van der Waals surface area contributed by atoms with Crippen LogP contribution >= 0.6 is 11.8 Å². The molecule has 0 nitrogen and oxygen atoms in total. The SMILES string of the molecule is [CH2]c1cc(C)ccc1SC. The summed E-state index contributed by atoms with van der Waals surface area (Å²) in [6.07, 6.45) is 2.07. The molecule has 1 heteroatoms. The summed E-state index contributed by atoms with van der Waals surface area (Å²) < 4.78 is 0. The molecule has 1 aromatic rings. The Morgan fingerprint density at radius 2 is 2.10 bits per heavy atom. The quantitative estimate of drug-likeness (QED) is 0.556. The molecule has 0 spiro atoms. The highest BCUT2D eigenvalue weighted by Gasteiger charge is 1.94. The molecule has 0 saturated heterocycles. The Balaban J connectivity index is 3.07. The highest BCUT2D eigenvalue weighted by Crippen LogP contribution is 2.19. The number of rotatable bonds is 1. The van der Waals surface area contributed by atoms with Gasteiger partial charge in [0, 0.05) is 4.90 Å². The summed E-state index contributed by atoms with van der Waals surface area (Å²) in [7, 11) is 0. The van der Waals surface area contributed by atoms with E-state index < -0.39 is 0 Å². The Morgan fingerprint density at radius 1 is 1.40 bits per heavy atom. The van der Waals surface area contributed by atoms with Crippen LogP contribution in [-0.2, 0) is 0 Å². The van der Waals surface area contributed by atoms with E-state index in [1.807, 2.05) is 0 Å². The zero-order chi connectivity index (χ0) is 7.56. The second-order valence-corrected chi connectivity index (χ2v) is 3.16. The lowest BCUT2D eigenvalue weighted by molar-refractivity contribution is 1.33. The Hall–Kier alpha value is -0.430. The first kappa shape index (κ1) is 7.67. The summed E-state index contributed by atoms with van der Waals surface area (Å²) in [5.41, 5.74) is 2.41. The summed E-state index contributed by atoms with van der Waals surface area (Å²) in [5.74, 6) is 0. The fourth-order valence-corrected chi connectivity index (χ4v) is 1.43. The van der Waals surface area contributed by atoms with Crippen molar-refractivity contribution in [2.24, 2.45) is 0 Å². The molecule has 0 aliphatic rings. The van der Waals surface area contributed by atoms with Crippen LogP contribution in [0.15, 0.2) is 23.1 Å². The van der Waals surface area contributed by atoms with Crippen LogP contribution in [-0.4, -0.2) is 6.26 Å². The Morgan fingerprint density at radius 3 is 2.60 bits per heavy atom.